The predicted octanol–water partition coefficient (Wildman–Crippen LogP) is 2.79. The first-order valence-electron chi connectivity index (χ1n) is 5.70. The molecule has 2 nitrogen and oxygen atoms in total. The van der Waals surface area contributed by atoms with Gasteiger partial charge in [0.2, 0.25) is 0 Å². The van der Waals surface area contributed by atoms with Gasteiger partial charge in [-0.1, -0.05) is 6.92 Å². The van der Waals surface area contributed by atoms with E-state index >= 15 is 0 Å². The van der Waals surface area contributed by atoms with Crippen molar-refractivity contribution in [2.45, 2.75) is 52.1 Å². The van der Waals surface area contributed by atoms with E-state index in [-0.39, 0.29) is 5.54 Å². The van der Waals surface area contributed by atoms with Crippen molar-refractivity contribution in [3.8, 4) is 0 Å². The highest BCUT2D eigenvalue weighted by Gasteiger charge is 2.17. The van der Waals surface area contributed by atoms with Gasteiger partial charge in [0.1, 0.15) is 0 Å². The van der Waals surface area contributed by atoms with Crippen LogP contribution >= 0.6 is 0 Å². The molecule has 0 aliphatic rings. The Morgan fingerprint density at radius 1 is 1.33 bits per heavy atom. The number of nitrogens with zero attached hydrogens (tertiary/aromatic N) is 1. The van der Waals surface area contributed by atoms with Gasteiger partial charge in [-0.3, -0.25) is 4.98 Å². The molecular weight excluding hydrogens is 184 g/mol. The third-order valence-electron chi connectivity index (χ3n) is 2.81. The average molecular weight is 206 g/mol. The molecule has 1 aromatic heterocycles. The average Bonchev–Trinajstić information content (AvgIpc) is 2.18. The lowest BCUT2D eigenvalue weighted by molar-refractivity contribution is 0.332. The Bertz CT molecular complexity index is 280. The number of rotatable bonds is 5. The highest BCUT2D eigenvalue weighted by molar-refractivity contribution is 5.11. The van der Waals surface area contributed by atoms with E-state index in [2.05, 4.69) is 50.1 Å². The fourth-order valence-corrected chi connectivity index (χ4v) is 1.69. The minimum absolute atomic E-state index is 0.229. The molecule has 2 heteroatoms. The van der Waals surface area contributed by atoms with E-state index in [1.165, 1.54) is 5.56 Å². The Balaban J connectivity index is 2.46. The van der Waals surface area contributed by atoms with Gasteiger partial charge in [0.25, 0.3) is 0 Å². The molecule has 1 N–H and O–H groups in total. The van der Waals surface area contributed by atoms with Crippen LogP contribution in [0.1, 0.15) is 39.7 Å². The van der Waals surface area contributed by atoms with E-state index in [4.69, 9.17) is 0 Å². The zero-order chi connectivity index (χ0) is 11.3. The van der Waals surface area contributed by atoms with Gasteiger partial charge < -0.3 is 5.32 Å². The van der Waals surface area contributed by atoms with Crippen LogP contribution in [0.25, 0.3) is 0 Å². The first-order valence-corrected chi connectivity index (χ1v) is 5.70. The monoisotopic (exact) mass is 206 g/mol. The molecule has 0 amide bonds. The predicted molar refractivity (Wildman–Crippen MR) is 64.9 cm³/mol. The molecule has 1 aromatic rings. The molecule has 0 saturated carbocycles. The lowest BCUT2D eigenvalue weighted by Crippen LogP contribution is -2.45. The summed E-state index contributed by atoms with van der Waals surface area (Å²) in [6.45, 7) is 8.94. The Kier molecular flexibility index (Phi) is 4.28. The Morgan fingerprint density at radius 2 is 1.93 bits per heavy atom. The smallest absolute Gasteiger partial charge is 0.0270 e. The lowest BCUT2D eigenvalue weighted by atomic mass is 9.99. The van der Waals surface area contributed by atoms with Crippen LogP contribution in [-0.2, 0) is 6.42 Å². The van der Waals surface area contributed by atoms with Crippen molar-refractivity contribution in [1.82, 2.24) is 10.3 Å². The van der Waals surface area contributed by atoms with Gasteiger partial charge in [0.05, 0.1) is 0 Å². The molecule has 1 atom stereocenters. The van der Waals surface area contributed by atoms with Crippen molar-refractivity contribution >= 4 is 0 Å². The standard InChI is InChI=1S/C13H22N2/c1-5-13(3,4)15-11(2)10-12-6-8-14-9-7-12/h6-9,11,15H,5,10H2,1-4H3. The van der Waals surface area contributed by atoms with Crippen LogP contribution in [0.2, 0.25) is 0 Å². The largest absolute Gasteiger partial charge is 0.309 e. The maximum atomic E-state index is 4.02. The summed E-state index contributed by atoms with van der Waals surface area (Å²) >= 11 is 0. The van der Waals surface area contributed by atoms with Gasteiger partial charge in [-0.2, -0.15) is 0 Å². The minimum atomic E-state index is 0.229. The molecule has 84 valence electrons. The molecule has 1 rings (SSSR count). The summed E-state index contributed by atoms with van der Waals surface area (Å²) in [4.78, 5) is 4.02. The molecule has 0 saturated heterocycles. The summed E-state index contributed by atoms with van der Waals surface area (Å²) < 4.78 is 0. The zero-order valence-electron chi connectivity index (χ0n) is 10.2. The molecule has 0 aliphatic heterocycles. The third kappa shape index (κ3) is 4.43. The van der Waals surface area contributed by atoms with Gasteiger partial charge in [-0.05, 0) is 51.3 Å². The van der Waals surface area contributed by atoms with E-state index in [0.29, 0.717) is 6.04 Å². The van der Waals surface area contributed by atoms with Crippen LogP contribution in [0.4, 0.5) is 0 Å². The molecule has 0 radical (unpaired) electrons. The van der Waals surface area contributed by atoms with Gasteiger partial charge >= 0.3 is 0 Å². The zero-order valence-corrected chi connectivity index (χ0v) is 10.2. The van der Waals surface area contributed by atoms with Gasteiger partial charge in [0.15, 0.2) is 0 Å². The van der Waals surface area contributed by atoms with E-state index in [1.54, 1.807) is 0 Å². The van der Waals surface area contributed by atoms with E-state index < -0.39 is 0 Å². The van der Waals surface area contributed by atoms with Crippen LogP contribution in [-0.4, -0.2) is 16.6 Å². The van der Waals surface area contributed by atoms with Gasteiger partial charge in [-0.15, -0.1) is 0 Å². The Morgan fingerprint density at radius 3 is 2.47 bits per heavy atom. The Hall–Kier alpha value is -0.890. The van der Waals surface area contributed by atoms with Crippen molar-refractivity contribution in [3.63, 3.8) is 0 Å². The van der Waals surface area contributed by atoms with Crippen LogP contribution in [0.15, 0.2) is 24.5 Å². The third-order valence-corrected chi connectivity index (χ3v) is 2.81. The van der Waals surface area contributed by atoms with Crippen LogP contribution in [0.3, 0.4) is 0 Å². The first-order chi connectivity index (χ1) is 7.03. The van der Waals surface area contributed by atoms with Gasteiger partial charge in [0, 0.05) is 24.0 Å². The summed E-state index contributed by atoms with van der Waals surface area (Å²) in [6.07, 6.45) is 5.92. The van der Waals surface area contributed by atoms with E-state index in [0.717, 1.165) is 12.8 Å². The minimum Gasteiger partial charge on any atom is -0.309 e. The number of pyridine rings is 1. The normalized spacial score (nSPS) is 13.9. The number of hydrogen-bond donors (Lipinski definition) is 1. The molecular formula is C13H22N2. The molecule has 0 fully saturated rings. The second-order valence-corrected chi connectivity index (χ2v) is 4.84. The number of nitrogens with one attached hydrogen (secondary N) is 1. The van der Waals surface area contributed by atoms with Crippen LogP contribution < -0.4 is 5.32 Å². The molecule has 0 bridgehead atoms. The van der Waals surface area contributed by atoms with Crippen molar-refractivity contribution in [1.29, 1.82) is 0 Å². The number of hydrogen-bond acceptors (Lipinski definition) is 2. The number of aromatic nitrogens is 1. The topological polar surface area (TPSA) is 24.9 Å². The Labute approximate surface area is 93.1 Å². The fourth-order valence-electron chi connectivity index (χ4n) is 1.69. The maximum Gasteiger partial charge on any atom is 0.0270 e. The molecule has 1 unspecified atom stereocenters. The second-order valence-electron chi connectivity index (χ2n) is 4.84. The molecule has 15 heavy (non-hydrogen) atoms. The first kappa shape index (κ1) is 12.2. The van der Waals surface area contributed by atoms with E-state index in [9.17, 15) is 0 Å². The summed E-state index contributed by atoms with van der Waals surface area (Å²) in [7, 11) is 0. The molecule has 0 spiro atoms. The fraction of sp³-hybridized carbons (Fsp3) is 0.615. The second kappa shape index (κ2) is 5.26. The summed E-state index contributed by atoms with van der Waals surface area (Å²) in [5, 5.41) is 3.63. The molecule has 0 aliphatic carbocycles. The van der Waals surface area contributed by atoms with Crippen molar-refractivity contribution in [2.24, 2.45) is 0 Å². The van der Waals surface area contributed by atoms with Crippen molar-refractivity contribution in [2.75, 3.05) is 0 Å². The van der Waals surface area contributed by atoms with Crippen molar-refractivity contribution in [3.05, 3.63) is 30.1 Å². The summed E-state index contributed by atoms with van der Waals surface area (Å²) in [5.41, 5.74) is 1.57. The maximum absolute atomic E-state index is 4.02. The van der Waals surface area contributed by atoms with Gasteiger partial charge in [-0.25, -0.2) is 0 Å². The molecule has 0 aromatic carbocycles. The highest BCUT2D eigenvalue weighted by atomic mass is 15.0. The van der Waals surface area contributed by atoms with Crippen LogP contribution in [0, 0.1) is 0 Å². The highest BCUT2D eigenvalue weighted by Crippen LogP contribution is 2.10. The summed E-state index contributed by atoms with van der Waals surface area (Å²) in [5.74, 6) is 0. The lowest BCUT2D eigenvalue weighted by Gasteiger charge is -2.29. The van der Waals surface area contributed by atoms with Crippen molar-refractivity contribution < 1.29 is 0 Å². The molecule has 1 heterocycles. The summed E-state index contributed by atoms with van der Waals surface area (Å²) in [6, 6.07) is 4.66. The quantitative estimate of drug-likeness (QED) is 0.801. The van der Waals surface area contributed by atoms with E-state index in [1.807, 2.05) is 12.4 Å². The van der Waals surface area contributed by atoms with Crippen LogP contribution in [0.5, 0.6) is 0 Å². The SMILES string of the molecule is CCC(C)(C)NC(C)Cc1ccncc1.